The molecule has 1 unspecified atom stereocenters. The molecule has 2 aliphatic rings. The van der Waals surface area contributed by atoms with Gasteiger partial charge in [0.25, 0.3) is 0 Å². The molecule has 1 saturated heterocycles. The van der Waals surface area contributed by atoms with E-state index in [0.717, 1.165) is 24.6 Å². The first-order chi connectivity index (χ1) is 8.75. The van der Waals surface area contributed by atoms with E-state index < -0.39 is 0 Å². The molecule has 1 N–H and O–H groups in total. The molecule has 3 rings (SSSR count). The van der Waals surface area contributed by atoms with Crippen LogP contribution in [0.3, 0.4) is 0 Å². The lowest BCUT2D eigenvalue weighted by Crippen LogP contribution is -2.49. The van der Waals surface area contributed by atoms with E-state index in [1.54, 1.807) is 0 Å². The Kier molecular flexibility index (Phi) is 3.14. The van der Waals surface area contributed by atoms with E-state index >= 15 is 0 Å². The number of hydrogen-bond acceptors (Lipinski definition) is 4. The monoisotopic (exact) mass is 248 g/mol. The van der Waals surface area contributed by atoms with Crippen molar-refractivity contribution >= 4 is 0 Å². The van der Waals surface area contributed by atoms with Gasteiger partial charge in [0.05, 0.1) is 0 Å². The van der Waals surface area contributed by atoms with Crippen molar-refractivity contribution in [3.8, 4) is 11.5 Å². The molecule has 0 radical (unpaired) electrons. The molecule has 4 nitrogen and oxygen atoms in total. The van der Waals surface area contributed by atoms with Crippen molar-refractivity contribution in [3.05, 3.63) is 23.8 Å². The molecule has 1 aromatic carbocycles. The highest BCUT2D eigenvalue weighted by Gasteiger charge is 2.26. The van der Waals surface area contributed by atoms with Crippen LogP contribution in [0.5, 0.6) is 11.5 Å². The normalized spacial score (nSPS) is 28.1. The minimum Gasteiger partial charge on any atom is -0.486 e. The van der Waals surface area contributed by atoms with Gasteiger partial charge < -0.3 is 14.8 Å². The number of fused-ring (bicyclic) bond motifs is 1. The number of rotatable bonds is 1. The average Bonchev–Trinajstić information content (AvgIpc) is 2.41. The Bertz CT molecular complexity index is 436. The minimum absolute atomic E-state index is 0.407. The molecule has 2 heterocycles. The largest absolute Gasteiger partial charge is 0.486 e. The molecule has 0 spiro atoms. The van der Waals surface area contributed by atoms with Crippen molar-refractivity contribution in [2.24, 2.45) is 0 Å². The zero-order chi connectivity index (χ0) is 12.5. The second-order valence-corrected chi connectivity index (χ2v) is 5.09. The van der Waals surface area contributed by atoms with E-state index in [1.807, 2.05) is 6.07 Å². The molecule has 0 aromatic heterocycles. The highest BCUT2D eigenvalue weighted by atomic mass is 16.6. The Balaban J connectivity index is 1.87. The molecule has 0 amide bonds. The standard InChI is InChI=1S/C14H20N2O2/c1-10-8-15-9-12(16(10)2)11-3-4-13-14(7-11)18-6-5-17-13/h3-4,7,10,12,15H,5-6,8-9H2,1-2H3/t10-,12?/m0/s1. The van der Waals surface area contributed by atoms with Crippen molar-refractivity contribution in [3.63, 3.8) is 0 Å². The summed E-state index contributed by atoms with van der Waals surface area (Å²) in [6.07, 6.45) is 0. The van der Waals surface area contributed by atoms with Crippen LogP contribution < -0.4 is 14.8 Å². The summed E-state index contributed by atoms with van der Waals surface area (Å²) in [4.78, 5) is 2.42. The summed E-state index contributed by atoms with van der Waals surface area (Å²) in [6, 6.07) is 7.25. The number of piperazine rings is 1. The number of ether oxygens (including phenoxy) is 2. The summed E-state index contributed by atoms with van der Waals surface area (Å²) < 4.78 is 11.2. The molecule has 0 saturated carbocycles. The highest BCUT2D eigenvalue weighted by molar-refractivity contribution is 5.44. The molecular weight excluding hydrogens is 228 g/mol. The van der Waals surface area contributed by atoms with Gasteiger partial charge in [-0.2, -0.15) is 0 Å². The summed E-state index contributed by atoms with van der Waals surface area (Å²) in [5.41, 5.74) is 1.29. The molecule has 2 aliphatic heterocycles. The van der Waals surface area contributed by atoms with Gasteiger partial charge in [0.1, 0.15) is 13.2 Å². The summed E-state index contributed by atoms with van der Waals surface area (Å²) >= 11 is 0. The molecular formula is C14H20N2O2. The predicted molar refractivity (Wildman–Crippen MR) is 70.3 cm³/mol. The summed E-state index contributed by atoms with van der Waals surface area (Å²) in [5, 5.41) is 3.48. The Morgan fingerprint density at radius 2 is 1.94 bits per heavy atom. The molecule has 1 aromatic rings. The molecule has 18 heavy (non-hydrogen) atoms. The van der Waals surface area contributed by atoms with Gasteiger partial charge in [-0.3, -0.25) is 4.90 Å². The third-order valence-electron chi connectivity index (χ3n) is 3.92. The Hall–Kier alpha value is -1.26. The van der Waals surface area contributed by atoms with Crippen LogP contribution in [0.1, 0.15) is 18.5 Å². The maximum absolute atomic E-state index is 5.65. The average molecular weight is 248 g/mol. The maximum Gasteiger partial charge on any atom is 0.161 e. The van der Waals surface area contributed by atoms with Crippen LogP contribution in [-0.4, -0.2) is 44.3 Å². The van der Waals surface area contributed by atoms with Gasteiger partial charge in [-0.25, -0.2) is 0 Å². The van der Waals surface area contributed by atoms with Crippen LogP contribution in [0, 0.1) is 0 Å². The predicted octanol–water partition coefficient (Wildman–Crippen LogP) is 1.42. The quantitative estimate of drug-likeness (QED) is 0.815. The van der Waals surface area contributed by atoms with Gasteiger partial charge in [-0.15, -0.1) is 0 Å². The number of nitrogens with one attached hydrogen (secondary N) is 1. The number of benzene rings is 1. The van der Waals surface area contributed by atoms with Crippen LogP contribution in [0.2, 0.25) is 0 Å². The lowest BCUT2D eigenvalue weighted by molar-refractivity contribution is 0.139. The van der Waals surface area contributed by atoms with Crippen LogP contribution in [-0.2, 0) is 0 Å². The van der Waals surface area contributed by atoms with Gasteiger partial charge in [0.15, 0.2) is 11.5 Å². The Labute approximate surface area is 108 Å². The topological polar surface area (TPSA) is 33.7 Å². The van der Waals surface area contributed by atoms with Crippen molar-refractivity contribution in [2.45, 2.75) is 19.0 Å². The molecule has 4 heteroatoms. The van der Waals surface area contributed by atoms with Crippen LogP contribution in [0.15, 0.2) is 18.2 Å². The SMILES string of the molecule is C[C@H]1CNCC(c2ccc3c(c2)OCCO3)N1C. The Morgan fingerprint density at radius 3 is 2.78 bits per heavy atom. The number of nitrogens with zero attached hydrogens (tertiary/aromatic N) is 1. The van der Waals surface area contributed by atoms with E-state index in [4.69, 9.17) is 9.47 Å². The fourth-order valence-corrected chi connectivity index (χ4v) is 2.64. The fourth-order valence-electron chi connectivity index (χ4n) is 2.64. The van der Waals surface area contributed by atoms with Crippen molar-refractivity contribution in [1.82, 2.24) is 10.2 Å². The minimum atomic E-state index is 0.407. The van der Waals surface area contributed by atoms with E-state index in [1.165, 1.54) is 5.56 Å². The third-order valence-corrected chi connectivity index (χ3v) is 3.92. The molecule has 0 aliphatic carbocycles. The van der Waals surface area contributed by atoms with Crippen molar-refractivity contribution in [2.75, 3.05) is 33.4 Å². The van der Waals surface area contributed by atoms with Gasteiger partial charge in [-0.05, 0) is 31.7 Å². The third kappa shape index (κ3) is 2.06. The maximum atomic E-state index is 5.65. The first-order valence-electron chi connectivity index (χ1n) is 6.58. The number of likely N-dealkylation sites (N-methyl/N-ethyl adjacent to an activating group) is 1. The first-order valence-corrected chi connectivity index (χ1v) is 6.58. The first kappa shape index (κ1) is 11.8. The van der Waals surface area contributed by atoms with Crippen LogP contribution >= 0.6 is 0 Å². The number of hydrogen-bond donors (Lipinski definition) is 1. The Morgan fingerprint density at radius 1 is 1.17 bits per heavy atom. The van der Waals surface area contributed by atoms with Crippen molar-refractivity contribution < 1.29 is 9.47 Å². The highest BCUT2D eigenvalue weighted by Crippen LogP contribution is 2.34. The summed E-state index contributed by atoms with van der Waals surface area (Å²) in [7, 11) is 2.19. The van der Waals surface area contributed by atoms with E-state index in [0.29, 0.717) is 25.3 Å². The van der Waals surface area contributed by atoms with Gasteiger partial charge in [0, 0.05) is 25.2 Å². The molecule has 2 atom stereocenters. The second kappa shape index (κ2) is 4.78. The smallest absolute Gasteiger partial charge is 0.161 e. The summed E-state index contributed by atoms with van der Waals surface area (Å²) in [6.45, 7) is 5.58. The van der Waals surface area contributed by atoms with E-state index in [9.17, 15) is 0 Å². The van der Waals surface area contributed by atoms with Gasteiger partial charge >= 0.3 is 0 Å². The van der Waals surface area contributed by atoms with Gasteiger partial charge in [-0.1, -0.05) is 6.07 Å². The van der Waals surface area contributed by atoms with E-state index in [-0.39, 0.29) is 0 Å². The zero-order valence-corrected chi connectivity index (χ0v) is 11.0. The summed E-state index contributed by atoms with van der Waals surface area (Å²) in [5.74, 6) is 1.75. The molecule has 1 fully saturated rings. The molecule has 98 valence electrons. The van der Waals surface area contributed by atoms with Crippen molar-refractivity contribution in [1.29, 1.82) is 0 Å². The lowest BCUT2D eigenvalue weighted by Gasteiger charge is -2.38. The van der Waals surface area contributed by atoms with Gasteiger partial charge in [0.2, 0.25) is 0 Å². The second-order valence-electron chi connectivity index (χ2n) is 5.09. The fraction of sp³-hybridized carbons (Fsp3) is 0.571. The molecule has 0 bridgehead atoms. The zero-order valence-electron chi connectivity index (χ0n) is 11.0. The lowest BCUT2D eigenvalue weighted by atomic mass is 10.0. The van der Waals surface area contributed by atoms with E-state index in [2.05, 4.69) is 36.3 Å². The van der Waals surface area contributed by atoms with Crippen LogP contribution in [0.4, 0.5) is 0 Å². The van der Waals surface area contributed by atoms with Crippen LogP contribution in [0.25, 0.3) is 0 Å².